The Bertz CT molecular complexity index is 94.1. The van der Waals surface area contributed by atoms with Gasteiger partial charge in [0.25, 0.3) is 0 Å². The summed E-state index contributed by atoms with van der Waals surface area (Å²) in [5.41, 5.74) is 0. The van der Waals surface area contributed by atoms with Crippen LogP contribution in [0.15, 0.2) is 0 Å². The Morgan fingerprint density at radius 2 is 2.09 bits per heavy atom. The average molecular weight is 177 g/mol. The van der Waals surface area contributed by atoms with Crippen molar-refractivity contribution in [3.8, 4) is 0 Å². The van der Waals surface area contributed by atoms with Gasteiger partial charge in [-0.25, -0.2) is 4.39 Å². The highest BCUT2D eigenvalue weighted by molar-refractivity contribution is 7.99. The molecule has 0 spiro atoms. The fraction of sp³-hybridized carbons (Fsp3) is 1.00. The van der Waals surface area contributed by atoms with E-state index in [1.54, 1.807) is 0 Å². The molecule has 3 heteroatoms. The first-order valence-electron chi connectivity index (χ1n) is 4.28. The molecule has 0 aromatic heterocycles. The monoisotopic (exact) mass is 177 g/mol. The summed E-state index contributed by atoms with van der Waals surface area (Å²) < 4.78 is 11.7. The molecule has 0 amide bonds. The molecule has 1 nitrogen and oxygen atoms in total. The predicted octanol–water partition coefficient (Wildman–Crippen LogP) is 1.69. The number of hydrogen-bond donors (Lipinski definition) is 1. The molecule has 0 aliphatic carbocycles. The summed E-state index contributed by atoms with van der Waals surface area (Å²) in [5, 5.41) is 3.12. The van der Waals surface area contributed by atoms with Crippen molar-refractivity contribution in [1.82, 2.24) is 5.32 Å². The quantitative estimate of drug-likeness (QED) is 0.656. The SMILES string of the molecule is FCCNCC1CCSCC1. The highest BCUT2D eigenvalue weighted by atomic mass is 32.2. The first kappa shape index (κ1) is 9.33. The van der Waals surface area contributed by atoms with E-state index in [0.717, 1.165) is 12.5 Å². The van der Waals surface area contributed by atoms with E-state index in [1.807, 2.05) is 11.8 Å². The van der Waals surface area contributed by atoms with E-state index in [2.05, 4.69) is 5.32 Å². The van der Waals surface area contributed by atoms with Gasteiger partial charge < -0.3 is 5.32 Å². The van der Waals surface area contributed by atoms with Crippen LogP contribution in [-0.2, 0) is 0 Å². The van der Waals surface area contributed by atoms with Crippen LogP contribution >= 0.6 is 11.8 Å². The van der Waals surface area contributed by atoms with Crippen LogP contribution in [0, 0.1) is 5.92 Å². The zero-order valence-electron chi connectivity index (χ0n) is 6.81. The molecule has 1 N–H and O–H groups in total. The summed E-state index contributed by atoms with van der Waals surface area (Å²) in [6, 6.07) is 0. The zero-order valence-corrected chi connectivity index (χ0v) is 7.63. The van der Waals surface area contributed by atoms with E-state index in [-0.39, 0.29) is 6.67 Å². The van der Waals surface area contributed by atoms with E-state index in [1.165, 1.54) is 24.3 Å². The van der Waals surface area contributed by atoms with Gasteiger partial charge in [0.05, 0.1) is 0 Å². The van der Waals surface area contributed by atoms with Crippen molar-refractivity contribution in [2.45, 2.75) is 12.8 Å². The van der Waals surface area contributed by atoms with Crippen molar-refractivity contribution < 1.29 is 4.39 Å². The van der Waals surface area contributed by atoms with Crippen molar-refractivity contribution in [3.63, 3.8) is 0 Å². The van der Waals surface area contributed by atoms with Crippen LogP contribution in [0.5, 0.6) is 0 Å². The number of thioether (sulfide) groups is 1. The van der Waals surface area contributed by atoms with Gasteiger partial charge in [-0.2, -0.15) is 11.8 Å². The van der Waals surface area contributed by atoms with Crippen molar-refractivity contribution in [2.75, 3.05) is 31.3 Å². The van der Waals surface area contributed by atoms with Crippen LogP contribution in [0.2, 0.25) is 0 Å². The lowest BCUT2D eigenvalue weighted by Crippen LogP contribution is -2.27. The second-order valence-electron chi connectivity index (χ2n) is 2.95. The predicted molar refractivity (Wildman–Crippen MR) is 48.9 cm³/mol. The molecule has 0 bridgehead atoms. The lowest BCUT2D eigenvalue weighted by atomic mass is 10.0. The molecule has 0 saturated carbocycles. The van der Waals surface area contributed by atoms with Crippen molar-refractivity contribution in [3.05, 3.63) is 0 Å². The highest BCUT2D eigenvalue weighted by Crippen LogP contribution is 2.21. The minimum Gasteiger partial charge on any atom is -0.314 e. The van der Waals surface area contributed by atoms with E-state index in [0.29, 0.717) is 6.54 Å². The van der Waals surface area contributed by atoms with Crippen LogP contribution < -0.4 is 5.32 Å². The molecule has 1 saturated heterocycles. The average Bonchev–Trinajstić information content (AvgIpc) is 2.07. The van der Waals surface area contributed by atoms with Gasteiger partial charge in [0.1, 0.15) is 6.67 Å². The first-order chi connectivity index (χ1) is 5.43. The molecule has 66 valence electrons. The van der Waals surface area contributed by atoms with Gasteiger partial charge >= 0.3 is 0 Å². The number of nitrogens with one attached hydrogen (secondary N) is 1. The molecular formula is C8H16FNS. The Balaban J connectivity index is 1.96. The lowest BCUT2D eigenvalue weighted by molar-refractivity contribution is 0.413. The van der Waals surface area contributed by atoms with E-state index >= 15 is 0 Å². The third kappa shape index (κ3) is 3.97. The highest BCUT2D eigenvalue weighted by Gasteiger charge is 2.12. The van der Waals surface area contributed by atoms with E-state index in [9.17, 15) is 4.39 Å². The molecule has 0 atom stereocenters. The van der Waals surface area contributed by atoms with Crippen molar-refractivity contribution >= 4 is 11.8 Å². The zero-order chi connectivity index (χ0) is 7.94. The van der Waals surface area contributed by atoms with Gasteiger partial charge in [-0.05, 0) is 36.8 Å². The van der Waals surface area contributed by atoms with E-state index < -0.39 is 0 Å². The number of alkyl halides is 1. The molecule has 0 aromatic carbocycles. The molecule has 0 unspecified atom stereocenters. The molecule has 0 radical (unpaired) electrons. The van der Waals surface area contributed by atoms with Crippen LogP contribution in [0.3, 0.4) is 0 Å². The van der Waals surface area contributed by atoms with Gasteiger partial charge in [-0.15, -0.1) is 0 Å². The third-order valence-corrected chi connectivity index (χ3v) is 3.09. The normalized spacial score (nSPS) is 20.5. The molecular weight excluding hydrogens is 161 g/mol. The standard InChI is InChI=1S/C8H16FNS/c9-3-4-10-7-8-1-5-11-6-2-8/h8,10H,1-7H2. The van der Waals surface area contributed by atoms with Gasteiger partial charge in [0.15, 0.2) is 0 Å². The number of hydrogen-bond acceptors (Lipinski definition) is 2. The molecule has 1 aliphatic rings. The maximum absolute atomic E-state index is 11.7. The first-order valence-corrected chi connectivity index (χ1v) is 5.43. The van der Waals surface area contributed by atoms with E-state index in [4.69, 9.17) is 0 Å². The van der Waals surface area contributed by atoms with Crippen LogP contribution in [0.25, 0.3) is 0 Å². The summed E-state index contributed by atoms with van der Waals surface area (Å²) in [7, 11) is 0. The van der Waals surface area contributed by atoms with Gasteiger partial charge in [-0.1, -0.05) is 0 Å². The second-order valence-corrected chi connectivity index (χ2v) is 4.17. The Morgan fingerprint density at radius 3 is 2.73 bits per heavy atom. The fourth-order valence-electron chi connectivity index (χ4n) is 1.32. The Hall–Kier alpha value is 0.240. The van der Waals surface area contributed by atoms with Crippen LogP contribution in [0.1, 0.15) is 12.8 Å². The van der Waals surface area contributed by atoms with Crippen molar-refractivity contribution in [2.24, 2.45) is 5.92 Å². The van der Waals surface area contributed by atoms with Crippen LogP contribution in [-0.4, -0.2) is 31.3 Å². The summed E-state index contributed by atoms with van der Waals surface area (Å²) >= 11 is 2.04. The van der Waals surface area contributed by atoms with Gasteiger partial charge in [0, 0.05) is 6.54 Å². The van der Waals surface area contributed by atoms with Gasteiger partial charge in [0.2, 0.25) is 0 Å². The maximum Gasteiger partial charge on any atom is 0.102 e. The molecule has 1 aliphatic heterocycles. The van der Waals surface area contributed by atoms with Crippen LogP contribution in [0.4, 0.5) is 4.39 Å². The second kappa shape index (κ2) is 5.84. The molecule has 11 heavy (non-hydrogen) atoms. The summed E-state index contributed by atoms with van der Waals surface area (Å²) in [6.45, 7) is 1.32. The van der Waals surface area contributed by atoms with Crippen molar-refractivity contribution in [1.29, 1.82) is 0 Å². The summed E-state index contributed by atoms with van der Waals surface area (Å²) in [5.74, 6) is 3.40. The Labute approximate surface area is 72.1 Å². The minimum absolute atomic E-state index is 0.235. The number of halogens is 1. The summed E-state index contributed by atoms with van der Waals surface area (Å²) in [6.07, 6.45) is 2.62. The third-order valence-electron chi connectivity index (χ3n) is 2.05. The number of rotatable bonds is 4. The largest absolute Gasteiger partial charge is 0.314 e. The fourth-order valence-corrected chi connectivity index (χ4v) is 2.53. The lowest BCUT2D eigenvalue weighted by Gasteiger charge is -2.21. The Morgan fingerprint density at radius 1 is 1.36 bits per heavy atom. The Kier molecular flexibility index (Phi) is 4.95. The molecule has 1 rings (SSSR count). The topological polar surface area (TPSA) is 12.0 Å². The molecule has 1 heterocycles. The molecule has 1 fully saturated rings. The smallest absolute Gasteiger partial charge is 0.102 e. The minimum atomic E-state index is -0.235. The molecule has 0 aromatic rings. The summed E-state index contributed by atoms with van der Waals surface area (Å²) in [4.78, 5) is 0. The maximum atomic E-state index is 11.7. The van der Waals surface area contributed by atoms with Gasteiger partial charge in [-0.3, -0.25) is 0 Å².